The first kappa shape index (κ1) is 12.0. The van der Waals surface area contributed by atoms with Crippen molar-refractivity contribution in [1.82, 2.24) is 14.9 Å². The molecule has 6 atom stereocenters. The fourth-order valence-electron chi connectivity index (χ4n) is 5.45. The zero-order valence-corrected chi connectivity index (χ0v) is 12.0. The standard InChI is InChI=1S/C16H25N3/c1-10(16-17-6-7-19(16)2)18-15-9-11-8-14(15)13-5-3-4-12(11)13/h6-7,10-15,18H,3-5,8-9H2,1-2H3. The molecule has 0 spiro atoms. The molecule has 1 N–H and O–H groups in total. The van der Waals surface area contributed by atoms with Crippen LogP contribution in [0, 0.1) is 23.7 Å². The van der Waals surface area contributed by atoms with E-state index in [4.69, 9.17) is 0 Å². The number of nitrogens with zero attached hydrogens (tertiary/aromatic N) is 2. The quantitative estimate of drug-likeness (QED) is 0.904. The van der Waals surface area contributed by atoms with E-state index in [0.717, 1.165) is 29.7 Å². The highest BCUT2D eigenvalue weighted by Crippen LogP contribution is 2.58. The Labute approximate surface area is 115 Å². The topological polar surface area (TPSA) is 29.9 Å². The van der Waals surface area contributed by atoms with E-state index in [1.807, 2.05) is 12.4 Å². The molecule has 6 unspecified atom stereocenters. The van der Waals surface area contributed by atoms with Gasteiger partial charge in [0.05, 0.1) is 6.04 Å². The lowest BCUT2D eigenvalue weighted by Crippen LogP contribution is -2.41. The maximum atomic E-state index is 4.49. The van der Waals surface area contributed by atoms with Crippen LogP contribution in [-0.2, 0) is 7.05 Å². The van der Waals surface area contributed by atoms with E-state index in [1.54, 1.807) is 0 Å². The van der Waals surface area contributed by atoms with Crippen molar-refractivity contribution in [3.05, 3.63) is 18.2 Å². The highest BCUT2D eigenvalue weighted by atomic mass is 15.1. The van der Waals surface area contributed by atoms with E-state index in [9.17, 15) is 0 Å². The van der Waals surface area contributed by atoms with E-state index >= 15 is 0 Å². The molecule has 104 valence electrons. The first-order valence-corrected chi connectivity index (χ1v) is 7.97. The van der Waals surface area contributed by atoms with Gasteiger partial charge < -0.3 is 9.88 Å². The highest BCUT2D eigenvalue weighted by Gasteiger charge is 2.53. The average molecular weight is 259 g/mol. The number of aromatic nitrogens is 2. The number of fused-ring (bicyclic) bond motifs is 5. The summed E-state index contributed by atoms with van der Waals surface area (Å²) in [5.74, 6) is 5.30. The summed E-state index contributed by atoms with van der Waals surface area (Å²) in [4.78, 5) is 4.49. The number of imidazole rings is 1. The summed E-state index contributed by atoms with van der Waals surface area (Å²) >= 11 is 0. The van der Waals surface area contributed by atoms with Gasteiger partial charge in [0.15, 0.2) is 0 Å². The lowest BCUT2D eigenvalue weighted by atomic mass is 9.79. The van der Waals surface area contributed by atoms with Crippen molar-refractivity contribution in [2.75, 3.05) is 0 Å². The summed E-state index contributed by atoms with van der Waals surface area (Å²) in [6.07, 6.45) is 11.4. The van der Waals surface area contributed by atoms with Gasteiger partial charge in [-0.1, -0.05) is 6.42 Å². The van der Waals surface area contributed by atoms with Crippen molar-refractivity contribution in [3.8, 4) is 0 Å². The van der Waals surface area contributed by atoms with Gasteiger partial charge in [0, 0.05) is 25.5 Å². The SMILES string of the molecule is CC(NC1CC2CC1C1CCCC21)c1nccn1C. The third kappa shape index (κ3) is 1.78. The van der Waals surface area contributed by atoms with Crippen molar-refractivity contribution in [2.24, 2.45) is 30.7 Å². The predicted octanol–water partition coefficient (Wildman–Crippen LogP) is 2.90. The maximum absolute atomic E-state index is 4.49. The summed E-state index contributed by atoms with van der Waals surface area (Å²) in [5.41, 5.74) is 0. The van der Waals surface area contributed by atoms with Crippen molar-refractivity contribution >= 4 is 0 Å². The predicted molar refractivity (Wildman–Crippen MR) is 75.6 cm³/mol. The van der Waals surface area contributed by atoms with Gasteiger partial charge in [0.2, 0.25) is 0 Å². The lowest BCUT2D eigenvalue weighted by molar-refractivity contribution is 0.198. The molecule has 0 radical (unpaired) electrons. The van der Waals surface area contributed by atoms with Crippen LogP contribution in [0.5, 0.6) is 0 Å². The molecule has 0 aromatic carbocycles. The van der Waals surface area contributed by atoms with Crippen molar-refractivity contribution < 1.29 is 0 Å². The number of aryl methyl sites for hydroxylation is 1. The molecule has 3 saturated carbocycles. The Kier molecular flexibility index (Phi) is 2.73. The smallest absolute Gasteiger partial charge is 0.125 e. The third-order valence-electron chi connectivity index (χ3n) is 6.14. The van der Waals surface area contributed by atoms with E-state index in [0.29, 0.717) is 6.04 Å². The van der Waals surface area contributed by atoms with Gasteiger partial charge in [-0.15, -0.1) is 0 Å². The lowest BCUT2D eigenvalue weighted by Gasteiger charge is -2.33. The van der Waals surface area contributed by atoms with Gasteiger partial charge in [-0.25, -0.2) is 4.98 Å². The van der Waals surface area contributed by atoms with Gasteiger partial charge in [-0.05, 0) is 56.3 Å². The molecule has 3 nitrogen and oxygen atoms in total. The van der Waals surface area contributed by atoms with Crippen LogP contribution in [0.2, 0.25) is 0 Å². The van der Waals surface area contributed by atoms with Crippen LogP contribution < -0.4 is 5.32 Å². The molecule has 0 aliphatic heterocycles. The first-order chi connectivity index (χ1) is 9.24. The van der Waals surface area contributed by atoms with Crippen molar-refractivity contribution in [2.45, 2.75) is 51.1 Å². The Bertz CT molecular complexity index is 466. The molecule has 4 rings (SSSR count). The number of hydrogen-bond acceptors (Lipinski definition) is 2. The summed E-state index contributed by atoms with van der Waals surface area (Å²) < 4.78 is 2.14. The van der Waals surface area contributed by atoms with Crippen LogP contribution in [0.1, 0.15) is 50.9 Å². The molecular formula is C16H25N3. The van der Waals surface area contributed by atoms with Gasteiger partial charge in [0.25, 0.3) is 0 Å². The van der Waals surface area contributed by atoms with Crippen LogP contribution >= 0.6 is 0 Å². The fraction of sp³-hybridized carbons (Fsp3) is 0.812. The summed E-state index contributed by atoms with van der Waals surface area (Å²) in [6, 6.07) is 1.13. The van der Waals surface area contributed by atoms with Crippen molar-refractivity contribution in [1.29, 1.82) is 0 Å². The third-order valence-corrected chi connectivity index (χ3v) is 6.14. The molecular weight excluding hydrogens is 234 g/mol. The molecule has 0 saturated heterocycles. The monoisotopic (exact) mass is 259 g/mol. The molecule has 3 fully saturated rings. The minimum absolute atomic E-state index is 0.379. The number of hydrogen-bond donors (Lipinski definition) is 1. The highest BCUT2D eigenvalue weighted by molar-refractivity contribution is 5.07. The normalized spacial score (nSPS) is 41.7. The van der Waals surface area contributed by atoms with Gasteiger partial charge in [-0.3, -0.25) is 0 Å². The van der Waals surface area contributed by atoms with Crippen molar-refractivity contribution in [3.63, 3.8) is 0 Å². The minimum atomic E-state index is 0.379. The van der Waals surface area contributed by atoms with Gasteiger partial charge in [-0.2, -0.15) is 0 Å². The number of rotatable bonds is 3. The Morgan fingerprint density at radius 3 is 2.89 bits per heavy atom. The zero-order chi connectivity index (χ0) is 13.0. The van der Waals surface area contributed by atoms with Crippen LogP contribution in [-0.4, -0.2) is 15.6 Å². The summed E-state index contributed by atoms with van der Waals surface area (Å²) in [7, 11) is 2.09. The second-order valence-corrected chi connectivity index (χ2v) is 7.05. The fourth-order valence-corrected chi connectivity index (χ4v) is 5.45. The molecule has 1 aromatic heterocycles. The summed E-state index contributed by atoms with van der Waals surface area (Å²) in [6.45, 7) is 2.26. The molecule has 0 amide bonds. The molecule has 19 heavy (non-hydrogen) atoms. The minimum Gasteiger partial charge on any atom is -0.337 e. The molecule has 2 bridgehead atoms. The molecule has 3 heteroatoms. The average Bonchev–Trinajstić information content (AvgIpc) is 3.07. The Morgan fingerprint density at radius 1 is 1.26 bits per heavy atom. The van der Waals surface area contributed by atoms with E-state index in [1.165, 1.54) is 37.9 Å². The zero-order valence-electron chi connectivity index (χ0n) is 12.0. The Morgan fingerprint density at radius 2 is 2.11 bits per heavy atom. The van der Waals surface area contributed by atoms with Crippen LogP contribution in [0.3, 0.4) is 0 Å². The van der Waals surface area contributed by atoms with E-state index in [-0.39, 0.29) is 0 Å². The number of nitrogens with one attached hydrogen (secondary N) is 1. The molecule has 1 heterocycles. The van der Waals surface area contributed by atoms with Gasteiger partial charge in [0.1, 0.15) is 5.82 Å². The molecule has 3 aliphatic rings. The second kappa shape index (κ2) is 4.34. The van der Waals surface area contributed by atoms with Crippen LogP contribution in [0.4, 0.5) is 0 Å². The largest absolute Gasteiger partial charge is 0.337 e. The van der Waals surface area contributed by atoms with E-state index in [2.05, 4.69) is 28.8 Å². The molecule has 1 aromatic rings. The maximum Gasteiger partial charge on any atom is 0.125 e. The second-order valence-electron chi connectivity index (χ2n) is 7.05. The summed E-state index contributed by atoms with van der Waals surface area (Å²) in [5, 5.41) is 3.88. The van der Waals surface area contributed by atoms with E-state index < -0.39 is 0 Å². The van der Waals surface area contributed by atoms with Crippen LogP contribution in [0.25, 0.3) is 0 Å². The molecule has 3 aliphatic carbocycles. The van der Waals surface area contributed by atoms with Gasteiger partial charge >= 0.3 is 0 Å². The van der Waals surface area contributed by atoms with Crippen LogP contribution in [0.15, 0.2) is 12.4 Å². The first-order valence-electron chi connectivity index (χ1n) is 7.97. The Balaban J connectivity index is 1.46. The Hall–Kier alpha value is -0.830.